The number of anilines is 2. The van der Waals surface area contributed by atoms with Crippen LogP contribution in [0.5, 0.6) is 0 Å². The van der Waals surface area contributed by atoms with E-state index >= 15 is 0 Å². The molecular weight excluding hydrogens is 562 g/mol. The van der Waals surface area contributed by atoms with Gasteiger partial charge in [0.25, 0.3) is 0 Å². The van der Waals surface area contributed by atoms with Crippen molar-refractivity contribution in [3.63, 3.8) is 0 Å². The molecule has 0 radical (unpaired) electrons. The molecule has 2 aromatic carbocycles. The van der Waals surface area contributed by atoms with Gasteiger partial charge < -0.3 is 5.32 Å². The van der Waals surface area contributed by atoms with E-state index in [4.69, 9.17) is 11.6 Å². The Morgan fingerprint density at radius 3 is 2.42 bits per heavy atom. The van der Waals surface area contributed by atoms with Crippen molar-refractivity contribution in [2.24, 2.45) is 5.92 Å². The van der Waals surface area contributed by atoms with Crippen LogP contribution in [0.1, 0.15) is 21.2 Å². The number of fused-ring (bicyclic) bond motifs is 2. The van der Waals surface area contributed by atoms with Gasteiger partial charge in [-0.15, -0.1) is 11.3 Å². The Morgan fingerprint density at radius 2 is 1.74 bits per heavy atom. The lowest BCUT2D eigenvalue weighted by Crippen LogP contribution is -2.32. The van der Waals surface area contributed by atoms with Crippen LogP contribution < -0.4 is 15.1 Å². The number of benzene rings is 2. The highest BCUT2D eigenvalue weighted by molar-refractivity contribution is 8.00. The van der Waals surface area contributed by atoms with Gasteiger partial charge in [0.2, 0.25) is 17.7 Å². The van der Waals surface area contributed by atoms with Crippen LogP contribution in [0.2, 0.25) is 5.02 Å². The molecule has 1 saturated heterocycles. The third-order valence-corrected chi connectivity index (χ3v) is 10.4. The average Bonchev–Trinajstić information content (AvgIpc) is 3.59. The molecule has 0 saturated carbocycles. The topological polar surface area (TPSA) is 88.5 Å². The molecule has 1 N–H and O–H groups in total. The summed E-state index contributed by atoms with van der Waals surface area (Å²) in [5, 5.41) is 5.12. The Hall–Kier alpha value is -3.18. The normalized spacial score (nSPS) is 20.4. The summed E-state index contributed by atoms with van der Waals surface area (Å²) in [7, 11) is 0. The smallest absolute Gasteiger partial charge is 0.308 e. The van der Waals surface area contributed by atoms with Gasteiger partial charge in [0.15, 0.2) is 0 Å². The Bertz CT molecular complexity index is 1610. The van der Waals surface area contributed by atoms with Gasteiger partial charge >= 0.3 is 4.87 Å². The van der Waals surface area contributed by atoms with E-state index in [9.17, 15) is 19.2 Å². The molecule has 1 fully saturated rings. The summed E-state index contributed by atoms with van der Waals surface area (Å²) in [6.07, 6.45) is 0. The molecule has 2 aliphatic heterocycles. The lowest BCUT2D eigenvalue weighted by atomic mass is 9.87. The Morgan fingerprint density at radius 1 is 1.00 bits per heavy atom. The van der Waals surface area contributed by atoms with Gasteiger partial charge in [0.05, 0.1) is 16.6 Å². The number of carbonyl (C=O) groups excluding carboxylic acids is 3. The van der Waals surface area contributed by atoms with E-state index in [-0.39, 0.29) is 29.1 Å². The standard InChI is InChI=1S/C27H20ClN3O4S3/c1-14-4-10-17(11-5-14)31-24(33)21-20(18-3-2-12-36-18)23-26(37-22(21)25(31)34)30(27(35)38-23)13-19(32)29-16-8-6-15(28)7-9-16/h2-12,20-22H,13H2,1H3,(H,29,32)/t20-,21?,22?/m1/s1. The van der Waals surface area contributed by atoms with Crippen molar-refractivity contribution in [1.29, 1.82) is 0 Å². The van der Waals surface area contributed by atoms with E-state index in [1.165, 1.54) is 32.6 Å². The minimum Gasteiger partial charge on any atom is -0.325 e. The minimum absolute atomic E-state index is 0.210. The Kier molecular flexibility index (Phi) is 6.51. The van der Waals surface area contributed by atoms with Crippen LogP contribution in [-0.2, 0) is 20.9 Å². The number of aromatic nitrogens is 1. The van der Waals surface area contributed by atoms with Gasteiger partial charge in [-0.05, 0) is 54.8 Å². The van der Waals surface area contributed by atoms with Crippen molar-refractivity contribution in [2.75, 3.05) is 10.2 Å². The van der Waals surface area contributed by atoms with Gasteiger partial charge in [-0.1, -0.05) is 58.5 Å². The van der Waals surface area contributed by atoms with E-state index in [1.54, 1.807) is 36.4 Å². The fourth-order valence-electron chi connectivity index (χ4n) is 4.86. The van der Waals surface area contributed by atoms with E-state index < -0.39 is 17.1 Å². The lowest BCUT2D eigenvalue weighted by Gasteiger charge is -2.29. The molecule has 3 atom stereocenters. The summed E-state index contributed by atoms with van der Waals surface area (Å²) in [6, 6.07) is 17.8. The van der Waals surface area contributed by atoms with Crippen molar-refractivity contribution >= 4 is 75.1 Å². The second-order valence-electron chi connectivity index (χ2n) is 9.08. The maximum absolute atomic E-state index is 13.8. The first-order valence-electron chi connectivity index (χ1n) is 11.8. The molecule has 192 valence electrons. The lowest BCUT2D eigenvalue weighted by molar-refractivity contribution is -0.122. The van der Waals surface area contributed by atoms with Crippen molar-refractivity contribution in [3.8, 4) is 0 Å². The van der Waals surface area contributed by atoms with E-state index in [0.29, 0.717) is 21.4 Å². The molecule has 0 spiro atoms. The number of nitrogens with zero attached hydrogens (tertiary/aromatic N) is 2. The van der Waals surface area contributed by atoms with Crippen LogP contribution in [0, 0.1) is 12.8 Å². The second kappa shape index (κ2) is 9.85. The van der Waals surface area contributed by atoms with Gasteiger partial charge in [0.1, 0.15) is 11.8 Å². The average molecular weight is 582 g/mol. The number of thiophene rings is 1. The van der Waals surface area contributed by atoms with E-state index in [1.807, 2.05) is 36.6 Å². The zero-order valence-electron chi connectivity index (χ0n) is 19.9. The number of rotatable bonds is 5. The van der Waals surface area contributed by atoms with Crippen LogP contribution in [-0.4, -0.2) is 27.5 Å². The fraction of sp³-hybridized carbons (Fsp3) is 0.185. The molecular formula is C27H20ClN3O4S3. The highest BCUT2D eigenvalue weighted by Gasteiger charge is 2.57. The summed E-state index contributed by atoms with van der Waals surface area (Å²) < 4.78 is 1.42. The highest BCUT2D eigenvalue weighted by Crippen LogP contribution is 2.54. The Labute approximate surface area is 235 Å². The number of halogens is 1. The number of aryl methyl sites for hydroxylation is 1. The summed E-state index contributed by atoms with van der Waals surface area (Å²) in [5.41, 5.74) is 2.12. The Balaban J connectivity index is 1.38. The maximum Gasteiger partial charge on any atom is 0.308 e. The molecule has 6 rings (SSSR count). The van der Waals surface area contributed by atoms with E-state index in [0.717, 1.165) is 26.7 Å². The van der Waals surface area contributed by atoms with Crippen LogP contribution in [0.3, 0.4) is 0 Å². The molecule has 7 nitrogen and oxygen atoms in total. The predicted octanol–water partition coefficient (Wildman–Crippen LogP) is 5.37. The first kappa shape index (κ1) is 25.1. The molecule has 3 amide bonds. The molecule has 11 heteroatoms. The number of thioether (sulfide) groups is 1. The fourth-order valence-corrected chi connectivity index (χ4v) is 8.70. The zero-order chi connectivity index (χ0) is 26.6. The van der Waals surface area contributed by atoms with Crippen molar-refractivity contribution < 1.29 is 14.4 Å². The molecule has 38 heavy (non-hydrogen) atoms. The first-order chi connectivity index (χ1) is 18.3. The number of thiazole rings is 1. The molecule has 4 aromatic rings. The third-order valence-electron chi connectivity index (χ3n) is 6.62. The van der Waals surface area contributed by atoms with Gasteiger partial charge in [0, 0.05) is 26.4 Å². The van der Waals surface area contributed by atoms with E-state index in [2.05, 4.69) is 5.32 Å². The second-order valence-corrected chi connectivity index (χ2v) is 12.6. The molecule has 2 aromatic heterocycles. The summed E-state index contributed by atoms with van der Waals surface area (Å²) in [5.74, 6) is -2.04. The number of carbonyl (C=O) groups is 3. The summed E-state index contributed by atoms with van der Waals surface area (Å²) in [4.78, 5) is 56.1. The van der Waals surface area contributed by atoms with Gasteiger partial charge in [-0.25, -0.2) is 4.90 Å². The van der Waals surface area contributed by atoms with Crippen LogP contribution >= 0.6 is 46.0 Å². The first-order valence-corrected chi connectivity index (χ1v) is 14.7. The zero-order valence-corrected chi connectivity index (χ0v) is 23.1. The summed E-state index contributed by atoms with van der Waals surface area (Å²) in [6.45, 7) is 1.74. The number of nitrogens with one attached hydrogen (secondary N) is 1. The summed E-state index contributed by atoms with van der Waals surface area (Å²) >= 11 is 9.67. The molecule has 2 unspecified atom stereocenters. The minimum atomic E-state index is -0.706. The van der Waals surface area contributed by atoms with Crippen molar-refractivity contribution in [1.82, 2.24) is 4.57 Å². The van der Waals surface area contributed by atoms with Crippen LogP contribution in [0.25, 0.3) is 0 Å². The molecule has 0 bridgehead atoms. The largest absolute Gasteiger partial charge is 0.325 e. The molecule has 4 heterocycles. The monoisotopic (exact) mass is 581 g/mol. The predicted molar refractivity (Wildman–Crippen MR) is 152 cm³/mol. The number of amides is 3. The van der Waals surface area contributed by atoms with Crippen molar-refractivity contribution in [2.45, 2.75) is 29.7 Å². The van der Waals surface area contributed by atoms with Crippen LogP contribution in [0.4, 0.5) is 11.4 Å². The molecule has 0 aliphatic carbocycles. The third kappa shape index (κ3) is 4.31. The maximum atomic E-state index is 13.8. The highest BCUT2D eigenvalue weighted by atomic mass is 35.5. The molecule has 2 aliphatic rings. The van der Waals surface area contributed by atoms with Gasteiger partial charge in [-0.2, -0.15) is 0 Å². The number of imide groups is 1. The number of hydrogen-bond acceptors (Lipinski definition) is 7. The van der Waals surface area contributed by atoms with Crippen molar-refractivity contribution in [3.05, 3.63) is 96.1 Å². The van der Waals surface area contributed by atoms with Gasteiger partial charge in [-0.3, -0.25) is 23.7 Å². The van der Waals surface area contributed by atoms with Crippen LogP contribution in [0.15, 0.2) is 75.9 Å². The SMILES string of the molecule is Cc1ccc(N2C(=O)C3Sc4c(sc(=O)n4CC(=O)Nc4ccc(Cl)cc4)[C@H](c4cccs4)C3C2=O)cc1. The number of hydrogen-bond donors (Lipinski definition) is 1. The quantitative estimate of drug-likeness (QED) is 0.320.